The van der Waals surface area contributed by atoms with Crippen LogP contribution in [0.15, 0.2) is 48.7 Å². The monoisotopic (exact) mass is 430 g/mol. The van der Waals surface area contributed by atoms with Gasteiger partial charge < -0.3 is 9.64 Å². The Morgan fingerprint density at radius 2 is 1.63 bits per heavy atom. The van der Waals surface area contributed by atoms with Crippen molar-refractivity contribution in [3.8, 4) is 5.75 Å². The molecule has 0 bridgehead atoms. The predicted molar refractivity (Wildman–Crippen MR) is 117 cm³/mol. The Hall–Kier alpha value is -2.64. The van der Waals surface area contributed by atoms with Gasteiger partial charge in [0, 0.05) is 38.9 Å². The fraction of sp³-hybridized carbons (Fsp3) is 0.409. The summed E-state index contributed by atoms with van der Waals surface area (Å²) in [6.45, 7) is 5.25. The zero-order chi connectivity index (χ0) is 20.1. The summed E-state index contributed by atoms with van der Waals surface area (Å²) in [5.41, 5.74) is 0.462. The Morgan fingerprint density at radius 3 is 2.40 bits per heavy atom. The number of carbonyl (C=O) groups is 2. The summed E-state index contributed by atoms with van der Waals surface area (Å²) in [4.78, 5) is 35.5. The van der Waals surface area contributed by atoms with E-state index in [1.165, 1.54) is 4.90 Å². The minimum Gasteiger partial charge on any atom is -0.483 e. The molecule has 2 aliphatic heterocycles. The molecule has 1 aromatic carbocycles. The van der Waals surface area contributed by atoms with Crippen molar-refractivity contribution in [2.24, 2.45) is 0 Å². The third-order valence-corrected chi connectivity index (χ3v) is 5.47. The summed E-state index contributed by atoms with van der Waals surface area (Å²) in [5, 5.41) is 0. The molecule has 0 unspecified atom stereocenters. The van der Waals surface area contributed by atoms with Crippen LogP contribution in [0.3, 0.4) is 0 Å². The van der Waals surface area contributed by atoms with Crippen LogP contribution in [0.2, 0.25) is 0 Å². The van der Waals surface area contributed by atoms with Gasteiger partial charge in [-0.15, -0.1) is 12.4 Å². The Kier molecular flexibility index (Phi) is 7.65. The number of fused-ring (bicyclic) bond motifs is 1. The van der Waals surface area contributed by atoms with E-state index in [9.17, 15) is 9.59 Å². The maximum atomic E-state index is 12.7. The molecule has 3 heterocycles. The average molecular weight is 431 g/mol. The number of unbranched alkanes of at least 4 members (excludes halogenated alkanes) is 1. The van der Waals surface area contributed by atoms with Gasteiger partial charge in [-0.25, -0.2) is 4.98 Å². The van der Waals surface area contributed by atoms with Crippen LogP contribution >= 0.6 is 12.4 Å². The van der Waals surface area contributed by atoms with E-state index >= 15 is 0 Å². The highest BCUT2D eigenvalue weighted by molar-refractivity contribution is 6.07. The Balaban J connectivity index is 0.00000256. The lowest BCUT2D eigenvalue weighted by Gasteiger charge is -2.35. The van der Waals surface area contributed by atoms with Crippen molar-refractivity contribution < 1.29 is 14.3 Å². The quantitative estimate of drug-likeness (QED) is 0.518. The van der Waals surface area contributed by atoms with Gasteiger partial charge in [0.15, 0.2) is 6.61 Å². The molecule has 0 N–H and O–H groups in total. The van der Waals surface area contributed by atoms with Gasteiger partial charge in [-0.2, -0.15) is 0 Å². The molecule has 0 spiro atoms. The molecule has 2 aliphatic rings. The van der Waals surface area contributed by atoms with E-state index < -0.39 is 0 Å². The van der Waals surface area contributed by atoms with Crippen LogP contribution < -0.4 is 9.64 Å². The van der Waals surface area contributed by atoms with Crippen LogP contribution in [0, 0.1) is 0 Å². The molecule has 1 fully saturated rings. The van der Waals surface area contributed by atoms with Crippen LogP contribution in [0.1, 0.15) is 23.2 Å². The van der Waals surface area contributed by atoms with Crippen LogP contribution in [0.4, 0.5) is 5.82 Å². The molecular weight excluding hydrogens is 404 g/mol. The Labute approximate surface area is 183 Å². The molecule has 2 aromatic rings. The number of piperazine rings is 1. The molecule has 160 valence electrons. The second kappa shape index (κ2) is 10.4. The van der Waals surface area contributed by atoms with E-state index in [1.807, 2.05) is 24.4 Å². The van der Waals surface area contributed by atoms with E-state index in [2.05, 4.69) is 14.8 Å². The van der Waals surface area contributed by atoms with Crippen molar-refractivity contribution >= 4 is 30.0 Å². The van der Waals surface area contributed by atoms with Crippen LogP contribution in [-0.2, 0) is 4.79 Å². The van der Waals surface area contributed by atoms with E-state index in [1.54, 1.807) is 24.3 Å². The number of imide groups is 1. The van der Waals surface area contributed by atoms with Crippen molar-refractivity contribution in [1.29, 1.82) is 0 Å². The number of hydrogen-bond acceptors (Lipinski definition) is 6. The van der Waals surface area contributed by atoms with Gasteiger partial charge in [-0.1, -0.05) is 18.2 Å². The first kappa shape index (κ1) is 22.1. The molecule has 1 saturated heterocycles. The molecule has 2 amide bonds. The number of ether oxygens (including phenoxy) is 1. The highest BCUT2D eigenvalue weighted by atomic mass is 35.5. The summed E-state index contributed by atoms with van der Waals surface area (Å²) in [7, 11) is 0. The molecule has 0 atom stereocenters. The molecule has 4 rings (SSSR count). The Bertz CT molecular complexity index is 856. The first-order valence-corrected chi connectivity index (χ1v) is 10.2. The van der Waals surface area contributed by atoms with Crippen molar-refractivity contribution in [1.82, 2.24) is 14.8 Å². The van der Waals surface area contributed by atoms with Gasteiger partial charge >= 0.3 is 0 Å². The van der Waals surface area contributed by atoms with Crippen LogP contribution in [0.5, 0.6) is 5.75 Å². The van der Waals surface area contributed by atoms with E-state index in [-0.39, 0.29) is 30.8 Å². The molecule has 1 aromatic heterocycles. The normalized spacial score (nSPS) is 17.1. The number of anilines is 1. The molecule has 7 nitrogen and oxygen atoms in total. The molecule has 0 aliphatic carbocycles. The summed E-state index contributed by atoms with van der Waals surface area (Å²) in [6.07, 6.45) is 3.57. The average Bonchev–Trinajstić information content (AvgIpc) is 2.89. The predicted octanol–water partition coefficient (Wildman–Crippen LogP) is 2.47. The number of pyridine rings is 1. The number of nitrogens with zero attached hydrogens (tertiary/aromatic N) is 4. The fourth-order valence-electron chi connectivity index (χ4n) is 3.82. The fourth-order valence-corrected chi connectivity index (χ4v) is 3.82. The van der Waals surface area contributed by atoms with Crippen molar-refractivity contribution in [2.45, 2.75) is 12.8 Å². The number of halogens is 1. The first-order valence-electron chi connectivity index (χ1n) is 10.2. The number of aromatic nitrogens is 1. The summed E-state index contributed by atoms with van der Waals surface area (Å²) in [5.74, 6) is 0.995. The smallest absolute Gasteiger partial charge is 0.267 e. The standard InChI is InChI=1S/C22H26N4O3.ClH/c27-21-17-29-19-8-2-1-7-18(19)22(28)26(21)12-6-5-11-24-13-15-25(16-14-24)20-9-3-4-10-23-20;/h1-4,7-10H,5-6,11-17H2;1H. The molecule has 8 heteroatoms. The largest absolute Gasteiger partial charge is 0.483 e. The van der Waals surface area contributed by atoms with E-state index in [4.69, 9.17) is 4.74 Å². The van der Waals surface area contributed by atoms with Gasteiger partial charge in [0.1, 0.15) is 11.6 Å². The summed E-state index contributed by atoms with van der Waals surface area (Å²) in [6, 6.07) is 13.0. The second-order valence-electron chi connectivity index (χ2n) is 7.36. The van der Waals surface area contributed by atoms with Gasteiger partial charge in [0.25, 0.3) is 11.8 Å². The minimum absolute atomic E-state index is 0. The lowest BCUT2D eigenvalue weighted by atomic mass is 10.1. The first-order chi connectivity index (χ1) is 14.2. The molecule has 0 saturated carbocycles. The highest BCUT2D eigenvalue weighted by Gasteiger charge is 2.28. The van der Waals surface area contributed by atoms with Gasteiger partial charge in [0.2, 0.25) is 0 Å². The van der Waals surface area contributed by atoms with Crippen molar-refractivity contribution in [3.63, 3.8) is 0 Å². The number of rotatable bonds is 6. The molecule has 30 heavy (non-hydrogen) atoms. The maximum absolute atomic E-state index is 12.7. The lowest BCUT2D eigenvalue weighted by molar-refractivity contribution is -0.130. The van der Waals surface area contributed by atoms with Gasteiger partial charge in [-0.3, -0.25) is 19.4 Å². The number of carbonyl (C=O) groups excluding carboxylic acids is 2. The third kappa shape index (κ3) is 5.09. The zero-order valence-corrected chi connectivity index (χ0v) is 17.7. The maximum Gasteiger partial charge on any atom is 0.267 e. The minimum atomic E-state index is -0.268. The van der Waals surface area contributed by atoms with Gasteiger partial charge in [-0.05, 0) is 43.7 Å². The Morgan fingerprint density at radius 1 is 0.900 bits per heavy atom. The number of amides is 2. The molecular formula is C22H27ClN4O3. The van der Waals surface area contributed by atoms with Crippen molar-refractivity contribution in [2.75, 3.05) is 50.8 Å². The highest BCUT2D eigenvalue weighted by Crippen LogP contribution is 2.23. The van der Waals surface area contributed by atoms with E-state index in [0.717, 1.165) is 51.4 Å². The third-order valence-electron chi connectivity index (χ3n) is 5.47. The second-order valence-corrected chi connectivity index (χ2v) is 7.36. The SMILES string of the molecule is Cl.O=C1COc2ccccc2C(=O)N1CCCCN1CCN(c2ccccn2)CC1. The van der Waals surface area contributed by atoms with Gasteiger partial charge in [0.05, 0.1) is 5.56 Å². The summed E-state index contributed by atoms with van der Waals surface area (Å²) >= 11 is 0. The zero-order valence-electron chi connectivity index (χ0n) is 16.9. The van der Waals surface area contributed by atoms with Crippen LogP contribution in [0.25, 0.3) is 0 Å². The number of hydrogen-bond donors (Lipinski definition) is 0. The number of benzene rings is 1. The van der Waals surface area contributed by atoms with E-state index in [0.29, 0.717) is 17.9 Å². The van der Waals surface area contributed by atoms with Crippen LogP contribution in [-0.4, -0.2) is 72.5 Å². The van der Waals surface area contributed by atoms with Crippen molar-refractivity contribution in [3.05, 3.63) is 54.2 Å². The topological polar surface area (TPSA) is 66.0 Å². The molecule has 0 radical (unpaired) electrons. The summed E-state index contributed by atoms with van der Waals surface area (Å²) < 4.78 is 5.48. The lowest BCUT2D eigenvalue weighted by Crippen LogP contribution is -2.47. The number of para-hydroxylation sites is 1.